The number of aliphatic hydroxyl groups is 2. The summed E-state index contributed by atoms with van der Waals surface area (Å²) in [7, 11) is 0. The van der Waals surface area contributed by atoms with Gasteiger partial charge in [0.15, 0.2) is 0 Å². The van der Waals surface area contributed by atoms with Gasteiger partial charge in [-0.25, -0.2) is 4.79 Å². The molecule has 5 atom stereocenters. The lowest BCUT2D eigenvalue weighted by molar-refractivity contribution is -0.143. The molecule has 1 aromatic heterocycles. The Bertz CT molecular complexity index is 1010. The number of benzene rings is 1. The number of nitrogens with one attached hydrogen (secondary N) is 4. The van der Waals surface area contributed by atoms with E-state index < -0.39 is 60.6 Å². The Labute approximate surface area is 189 Å². The highest BCUT2D eigenvalue weighted by Crippen LogP contribution is 2.19. The Morgan fingerprint density at radius 2 is 1.64 bits per heavy atom. The van der Waals surface area contributed by atoms with Crippen molar-refractivity contribution in [3.8, 4) is 0 Å². The smallest absolute Gasteiger partial charge is 0.328 e. The number of hydrogen-bond donors (Lipinski definition) is 8. The Balaban J connectivity index is 2.19. The summed E-state index contributed by atoms with van der Waals surface area (Å²) < 4.78 is 0. The van der Waals surface area contributed by atoms with Crippen LogP contribution < -0.4 is 21.7 Å². The highest BCUT2D eigenvalue weighted by atomic mass is 16.4. The zero-order chi connectivity index (χ0) is 24.7. The van der Waals surface area contributed by atoms with Gasteiger partial charge in [0.1, 0.15) is 24.2 Å². The van der Waals surface area contributed by atoms with E-state index >= 15 is 0 Å². The molecule has 0 aliphatic carbocycles. The van der Waals surface area contributed by atoms with Crippen LogP contribution in [0.15, 0.2) is 30.5 Å². The van der Waals surface area contributed by atoms with E-state index in [1.807, 2.05) is 24.3 Å². The fourth-order valence-corrected chi connectivity index (χ4v) is 3.08. The summed E-state index contributed by atoms with van der Waals surface area (Å²) in [6, 6.07) is 2.24. The number of aliphatic hydroxyl groups excluding tert-OH is 2. The third kappa shape index (κ3) is 6.75. The monoisotopic (exact) mass is 463 g/mol. The van der Waals surface area contributed by atoms with Gasteiger partial charge < -0.3 is 42.0 Å². The summed E-state index contributed by atoms with van der Waals surface area (Å²) in [6.07, 6.45) is 0.593. The maximum atomic E-state index is 13.0. The quantitative estimate of drug-likeness (QED) is 0.186. The molecule has 180 valence electrons. The molecular weight excluding hydrogens is 434 g/mol. The van der Waals surface area contributed by atoms with Gasteiger partial charge in [-0.2, -0.15) is 0 Å². The van der Waals surface area contributed by atoms with E-state index in [0.29, 0.717) is 0 Å². The lowest BCUT2D eigenvalue weighted by Gasteiger charge is -2.24. The maximum Gasteiger partial charge on any atom is 0.328 e. The molecule has 0 radical (unpaired) electrons. The third-order valence-corrected chi connectivity index (χ3v) is 5.10. The molecule has 0 fully saturated rings. The second-order valence-electron chi connectivity index (χ2n) is 7.70. The van der Waals surface area contributed by atoms with E-state index in [4.69, 9.17) is 15.9 Å². The molecule has 0 spiro atoms. The van der Waals surface area contributed by atoms with Gasteiger partial charge >= 0.3 is 5.97 Å². The van der Waals surface area contributed by atoms with Crippen LogP contribution in [0.1, 0.15) is 19.4 Å². The van der Waals surface area contributed by atoms with E-state index in [1.54, 1.807) is 6.20 Å². The fraction of sp³-hybridized carbons (Fsp3) is 0.429. The molecule has 0 saturated heterocycles. The summed E-state index contributed by atoms with van der Waals surface area (Å²) in [6.45, 7) is 1.85. The minimum atomic E-state index is -1.53. The molecule has 1 heterocycles. The van der Waals surface area contributed by atoms with Crippen LogP contribution in [0.3, 0.4) is 0 Å². The number of carbonyl (C=O) groups is 4. The van der Waals surface area contributed by atoms with Crippen LogP contribution in [-0.4, -0.2) is 80.9 Å². The van der Waals surface area contributed by atoms with Crippen LogP contribution >= 0.6 is 0 Å². The average molecular weight is 463 g/mol. The maximum absolute atomic E-state index is 13.0. The lowest BCUT2D eigenvalue weighted by atomic mass is 10.0. The lowest BCUT2D eigenvalue weighted by Crippen LogP contribution is -2.58. The second kappa shape index (κ2) is 11.4. The molecule has 0 aliphatic heterocycles. The molecule has 2 rings (SSSR count). The van der Waals surface area contributed by atoms with E-state index in [1.165, 1.54) is 13.8 Å². The number of carbonyl (C=O) groups excluding carboxylic acids is 3. The number of rotatable bonds is 11. The van der Waals surface area contributed by atoms with Crippen LogP contribution in [0.4, 0.5) is 0 Å². The summed E-state index contributed by atoms with van der Waals surface area (Å²) >= 11 is 0. The molecule has 0 bridgehead atoms. The van der Waals surface area contributed by atoms with Crippen molar-refractivity contribution in [1.82, 2.24) is 20.9 Å². The average Bonchev–Trinajstić information content (AvgIpc) is 3.18. The standard InChI is InChI=1S/C21H29N5O7/c1-10(18(29)26-16(9-27)21(32)33)24-19(30)15(25-20(31)17(22)11(2)28)7-12-8-23-14-6-4-3-5-13(12)14/h3-6,8,10-11,15-17,23,27-28H,7,9,22H2,1-2H3,(H,24,30)(H,25,31)(H,26,29)(H,32,33). The largest absolute Gasteiger partial charge is 0.480 e. The van der Waals surface area contributed by atoms with Crippen LogP contribution in [0, 0.1) is 0 Å². The van der Waals surface area contributed by atoms with Crippen molar-refractivity contribution in [3.63, 3.8) is 0 Å². The number of H-pyrrole nitrogens is 1. The predicted molar refractivity (Wildman–Crippen MR) is 118 cm³/mol. The summed E-state index contributed by atoms with van der Waals surface area (Å²) in [5.41, 5.74) is 7.23. The first-order valence-electron chi connectivity index (χ1n) is 10.3. The topological polar surface area (TPSA) is 207 Å². The SMILES string of the molecule is CC(NC(=O)C(Cc1c[nH]c2ccccc12)NC(=O)C(N)C(C)O)C(=O)NC(CO)C(=O)O. The normalized spacial score (nSPS) is 15.7. The van der Waals surface area contributed by atoms with Crippen molar-refractivity contribution < 1.29 is 34.5 Å². The first-order chi connectivity index (χ1) is 15.5. The zero-order valence-electron chi connectivity index (χ0n) is 18.2. The second-order valence-corrected chi connectivity index (χ2v) is 7.70. The summed E-state index contributed by atoms with van der Waals surface area (Å²) in [4.78, 5) is 51.7. The third-order valence-electron chi connectivity index (χ3n) is 5.10. The van der Waals surface area contributed by atoms with E-state index in [2.05, 4.69) is 20.9 Å². The number of hydrogen-bond acceptors (Lipinski definition) is 7. The van der Waals surface area contributed by atoms with Crippen LogP contribution in [0.25, 0.3) is 10.9 Å². The molecule has 12 heteroatoms. The molecule has 0 aliphatic rings. The number of aromatic nitrogens is 1. The van der Waals surface area contributed by atoms with E-state index in [9.17, 15) is 24.3 Å². The molecule has 12 nitrogen and oxygen atoms in total. The highest BCUT2D eigenvalue weighted by molar-refractivity contribution is 5.94. The first kappa shape index (κ1) is 25.8. The van der Waals surface area contributed by atoms with Gasteiger partial charge in [0.25, 0.3) is 0 Å². The minimum Gasteiger partial charge on any atom is -0.480 e. The van der Waals surface area contributed by atoms with Crippen molar-refractivity contribution in [2.75, 3.05) is 6.61 Å². The van der Waals surface area contributed by atoms with Gasteiger partial charge in [-0.3, -0.25) is 14.4 Å². The van der Waals surface area contributed by atoms with Crippen molar-refractivity contribution >= 4 is 34.6 Å². The highest BCUT2D eigenvalue weighted by Gasteiger charge is 2.29. The molecule has 5 unspecified atom stereocenters. The van der Waals surface area contributed by atoms with Gasteiger partial charge in [-0.15, -0.1) is 0 Å². The Morgan fingerprint density at radius 1 is 1.00 bits per heavy atom. The molecular formula is C21H29N5O7. The number of fused-ring (bicyclic) bond motifs is 1. The zero-order valence-corrected chi connectivity index (χ0v) is 18.2. The number of nitrogens with two attached hydrogens (primary N) is 1. The number of carboxylic acid groups (broad SMARTS) is 1. The fourth-order valence-electron chi connectivity index (χ4n) is 3.08. The molecule has 33 heavy (non-hydrogen) atoms. The van der Waals surface area contributed by atoms with Crippen LogP contribution in [0.5, 0.6) is 0 Å². The van der Waals surface area contributed by atoms with Crippen molar-refractivity contribution in [2.24, 2.45) is 5.73 Å². The van der Waals surface area contributed by atoms with Gasteiger partial charge in [-0.05, 0) is 25.5 Å². The number of amides is 3. The van der Waals surface area contributed by atoms with Crippen molar-refractivity contribution in [2.45, 2.75) is 50.5 Å². The Hall–Kier alpha value is -3.48. The molecule has 0 saturated carbocycles. The Morgan fingerprint density at radius 3 is 2.24 bits per heavy atom. The van der Waals surface area contributed by atoms with Crippen LogP contribution in [0.2, 0.25) is 0 Å². The predicted octanol–water partition coefficient (Wildman–Crippen LogP) is -2.03. The van der Waals surface area contributed by atoms with Crippen LogP contribution in [-0.2, 0) is 25.6 Å². The van der Waals surface area contributed by atoms with E-state index in [-0.39, 0.29) is 6.42 Å². The number of aromatic amines is 1. The van der Waals surface area contributed by atoms with Gasteiger partial charge in [0.2, 0.25) is 17.7 Å². The molecule has 1 aromatic carbocycles. The summed E-state index contributed by atoms with van der Waals surface area (Å²) in [5, 5.41) is 35.5. The van der Waals surface area contributed by atoms with Crippen molar-refractivity contribution in [1.29, 1.82) is 0 Å². The van der Waals surface area contributed by atoms with Gasteiger partial charge in [0, 0.05) is 23.5 Å². The first-order valence-corrected chi connectivity index (χ1v) is 10.3. The number of carboxylic acids is 1. The molecule has 9 N–H and O–H groups in total. The molecule has 3 amide bonds. The number of para-hydroxylation sites is 1. The minimum absolute atomic E-state index is 0.0524. The Kier molecular flexibility index (Phi) is 8.91. The molecule has 2 aromatic rings. The van der Waals surface area contributed by atoms with Crippen molar-refractivity contribution in [3.05, 3.63) is 36.0 Å². The van der Waals surface area contributed by atoms with Gasteiger partial charge in [0.05, 0.1) is 12.7 Å². The van der Waals surface area contributed by atoms with Gasteiger partial charge in [-0.1, -0.05) is 18.2 Å². The van der Waals surface area contributed by atoms with E-state index in [0.717, 1.165) is 16.5 Å². The summed E-state index contributed by atoms with van der Waals surface area (Å²) in [5.74, 6) is -3.73. The number of aliphatic carboxylic acids is 1.